The number of para-hydroxylation sites is 1. The maximum atomic E-state index is 13.0. The summed E-state index contributed by atoms with van der Waals surface area (Å²) in [6.07, 6.45) is 5.90. The molecule has 6 nitrogen and oxygen atoms in total. The first-order chi connectivity index (χ1) is 15.6. The first-order valence-electron chi connectivity index (χ1n) is 10.5. The molecule has 0 saturated carbocycles. The summed E-state index contributed by atoms with van der Waals surface area (Å²) in [5, 5.41) is 4.17. The molecule has 0 aliphatic carbocycles. The summed E-state index contributed by atoms with van der Waals surface area (Å²) in [7, 11) is 5.26. The molecule has 2 heterocycles. The smallest absolute Gasteiger partial charge is 0.221 e. The molecule has 2 aromatic carbocycles. The summed E-state index contributed by atoms with van der Waals surface area (Å²) in [4.78, 5) is 17.1. The Kier molecular flexibility index (Phi) is 6.40. The van der Waals surface area contributed by atoms with Crippen LogP contribution in [-0.2, 0) is 18.4 Å². The van der Waals surface area contributed by atoms with Crippen LogP contribution in [0.3, 0.4) is 0 Å². The SMILES string of the molecule is COc1ccc(C(CC(=O)NCc2cccnc2)c2cn(C)c3ccccc23)cc1OC. The van der Waals surface area contributed by atoms with Crippen molar-refractivity contribution in [2.45, 2.75) is 18.9 Å². The fourth-order valence-electron chi connectivity index (χ4n) is 4.09. The first-order valence-corrected chi connectivity index (χ1v) is 10.5. The standard InChI is InChI=1S/C26H27N3O3/c1-29-17-22(20-8-4-5-9-23(20)29)21(19-10-11-24(31-2)25(13-19)32-3)14-26(30)28-16-18-7-6-12-27-15-18/h4-13,15,17,21H,14,16H2,1-3H3,(H,28,30). The molecule has 1 amide bonds. The summed E-state index contributed by atoms with van der Waals surface area (Å²) in [6.45, 7) is 0.445. The molecule has 1 unspecified atom stereocenters. The molecule has 164 valence electrons. The largest absolute Gasteiger partial charge is 0.493 e. The number of fused-ring (bicyclic) bond motifs is 1. The Bertz CT molecular complexity index is 1220. The van der Waals surface area contributed by atoms with E-state index in [2.05, 4.69) is 33.2 Å². The fraction of sp³-hybridized carbons (Fsp3) is 0.231. The van der Waals surface area contributed by atoms with Gasteiger partial charge in [-0.25, -0.2) is 0 Å². The minimum Gasteiger partial charge on any atom is -0.493 e. The first kappa shape index (κ1) is 21.4. The number of aryl methyl sites for hydroxylation is 1. The topological polar surface area (TPSA) is 65.4 Å². The van der Waals surface area contributed by atoms with E-state index in [9.17, 15) is 4.79 Å². The van der Waals surface area contributed by atoms with Gasteiger partial charge in [0.15, 0.2) is 11.5 Å². The van der Waals surface area contributed by atoms with Gasteiger partial charge < -0.3 is 19.4 Å². The number of ether oxygens (including phenoxy) is 2. The summed E-state index contributed by atoms with van der Waals surface area (Å²) < 4.78 is 13.0. The maximum Gasteiger partial charge on any atom is 0.221 e. The van der Waals surface area contributed by atoms with Gasteiger partial charge in [-0.2, -0.15) is 0 Å². The highest BCUT2D eigenvalue weighted by Crippen LogP contribution is 2.38. The number of benzene rings is 2. The lowest BCUT2D eigenvalue weighted by Gasteiger charge is -2.19. The molecule has 0 aliphatic heterocycles. The van der Waals surface area contributed by atoms with Crippen LogP contribution in [0.25, 0.3) is 10.9 Å². The number of nitrogens with one attached hydrogen (secondary N) is 1. The molecule has 32 heavy (non-hydrogen) atoms. The van der Waals surface area contributed by atoms with Gasteiger partial charge in [0.05, 0.1) is 14.2 Å². The van der Waals surface area contributed by atoms with Gasteiger partial charge in [-0.15, -0.1) is 0 Å². The number of hydrogen-bond acceptors (Lipinski definition) is 4. The molecule has 1 N–H and O–H groups in total. The third-order valence-electron chi connectivity index (χ3n) is 5.72. The zero-order chi connectivity index (χ0) is 22.5. The lowest BCUT2D eigenvalue weighted by Crippen LogP contribution is -2.25. The minimum atomic E-state index is -0.144. The van der Waals surface area contributed by atoms with Gasteiger partial charge in [-0.1, -0.05) is 30.3 Å². The van der Waals surface area contributed by atoms with Crippen molar-refractivity contribution in [3.63, 3.8) is 0 Å². The molecule has 0 aliphatic rings. The highest BCUT2D eigenvalue weighted by Gasteiger charge is 2.23. The number of carbonyl (C=O) groups is 1. The van der Waals surface area contributed by atoms with Gasteiger partial charge in [-0.3, -0.25) is 9.78 Å². The maximum absolute atomic E-state index is 13.0. The summed E-state index contributed by atoms with van der Waals surface area (Å²) in [6, 6.07) is 17.9. The monoisotopic (exact) mass is 429 g/mol. The van der Waals surface area contributed by atoms with Crippen LogP contribution in [-0.4, -0.2) is 29.7 Å². The highest BCUT2D eigenvalue weighted by molar-refractivity contribution is 5.86. The molecule has 2 aromatic heterocycles. The summed E-state index contributed by atoms with van der Waals surface area (Å²) >= 11 is 0. The number of amides is 1. The molecule has 4 aromatic rings. The molecule has 0 bridgehead atoms. The van der Waals surface area contributed by atoms with Crippen LogP contribution < -0.4 is 14.8 Å². The Balaban J connectivity index is 1.69. The van der Waals surface area contributed by atoms with Crippen molar-refractivity contribution in [2.75, 3.05) is 14.2 Å². The second-order valence-electron chi connectivity index (χ2n) is 7.72. The van der Waals surface area contributed by atoms with Crippen molar-refractivity contribution < 1.29 is 14.3 Å². The van der Waals surface area contributed by atoms with Crippen molar-refractivity contribution in [3.05, 3.63) is 89.9 Å². The normalized spacial score (nSPS) is 11.8. The van der Waals surface area contributed by atoms with Crippen molar-refractivity contribution in [2.24, 2.45) is 7.05 Å². The van der Waals surface area contributed by atoms with Crippen LogP contribution >= 0.6 is 0 Å². The van der Waals surface area contributed by atoms with E-state index in [1.807, 2.05) is 49.5 Å². The van der Waals surface area contributed by atoms with E-state index in [4.69, 9.17) is 9.47 Å². The van der Waals surface area contributed by atoms with Gasteiger partial charge in [-0.05, 0) is 41.0 Å². The third kappa shape index (κ3) is 4.44. The van der Waals surface area contributed by atoms with Gasteiger partial charge in [0, 0.05) is 55.4 Å². The summed E-state index contributed by atoms with van der Waals surface area (Å²) in [5.74, 6) is 1.14. The average molecular weight is 430 g/mol. The molecular formula is C26H27N3O3. The molecule has 4 rings (SSSR count). The molecule has 0 saturated heterocycles. The van der Waals surface area contributed by atoms with Gasteiger partial charge in [0.2, 0.25) is 5.91 Å². The number of methoxy groups -OCH3 is 2. The van der Waals surface area contributed by atoms with Crippen LogP contribution in [0.2, 0.25) is 0 Å². The van der Waals surface area contributed by atoms with E-state index < -0.39 is 0 Å². The van der Waals surface area contributed by atoms with E-state index in [1.165, 1.54) is 0 Å². The minimum absolute atomic E-state index is 0.0263. The van der Waals surface area contributed by atoms with Crippen LogP contribution in [0.1, 0.15) is 29.0 Å². The average Bonchev–Trinajstić information content (AvgIpc) is 3.17. The van der Waals surface area contributed by atoms with Crippen LogP contribution in [0.15, 0.2) is 73.2 Å². The van der Waals surface area contributed by atoms with E-state index in [0.717, 1.165) is 27.6 Å². The Morgan fingerprint density at radius 1 is 1.06 bits per heavy atom. The zero-order valence-corrected chi connectivity index (χ0v) is 18.5. The van der Waals surface area contributed by atoms with Crippen molar-refractivity contribution >= 4 is 16.8 Å². The quantitative estimate of drug-likeness (QED) is 0.450. The Morgan fingerprint density at radius 2 is 1.88 bits per heavy atom. The number of carbonyl (C=O) groups excluding carboxylic acids is 1. The predicted molar refractivity (Wildman–Crippen MR) is 125 cm³/mol. The molecule has 6 heteroatoms. The molecule has 0 radical (unpaired) electrons. The fourth-order valence-corrected chi connectivity index (χ4v) is 4.09. The lowest BCUT2D eigenvalue weighted by molar-refractivity contribution is -0.121. The van der Waals surface area contributed by atoms with Crippen molar-refractivity contribution in [1.29, 1.82) is 0 Å². The second kappa shape index (κ2) is 9.56. The van der Waals surface area contributed by atoms with Gasteiger partial charge >= 0.3 is 0 Å². The Morgan fingerprint density at radius 3 is 2.62 bits per heavy atom. The van der Waals surface area contributed by atoms with E-state index in [-0.39, 0.29) is 11.8 Å². The number of pyridine rings is 1. The van der Waals surface area contributed by atoms with Crippen molar-refractivity contribution in [3.8, 4) is 11.5 Å². The molecule has 1 atom stereocenters. The third-order valence-corrected chi connectivity index (χ3v) is 5.72. The Labute approximate surface area is 187 Å². The van der Waals surface area contributed by atoms with Gasteiger partial charge in [0.1, 0.15) is 0 Å². The van der Waals surface area contributed by atoms with E-state index in [0.29, 0.717) is 24.5 Å². The van der Waals surface area contributed by atoms with E-state index in [1.54, 1.807) is 26.6 Å². The highest BCUT2D eigenvalue weighted by atomic mass is 16.5. The second-order valence-corrected chi connectivity index (χ2v) is 7.72. The van der Waals surface area contributed by atoms with Crippen LogP contribution in [0, 0.1) is 0 Å². The molecule has 0 spiro atoms. The number of hydrogen-bond donors (Lipinski definition) is 1. The number of aromatic nitrogens is 2. The predicted octanol–water partition coefficient (Wildman–Crippen LogP) is 4.43. The van der Waals surface area contributed by atoms with Crippen LogP contribution in [0.4, 0.5) is 0 Å². The Hall–Kier alpha value is -3.80. The zero-order valence-electron chi connectivity index (χ0n) is 18.5. The lowest BCUT2D eigenvalue weighted by atomic mass is 9.87. The molecular weight excluding hydrogens is 402 g/mol. The summed E-state index contributed by atoms with van der Waals surface area (Å²) in [5.41, 5.74) is 4.19. The number of nitrogens with zero attached hydrogens (tertiary/aromatic N) is 2. The van der Waals surface area contributed by atoms with Gasteiger partial charge in [0.25, 0.3) is 0 Å². The van der Waals surface area contributed by atoms with Crippen LogP contribution in [0.5, 0.6) is 11.5 Å². The van der Waals surface area contributed by atoms with E-state index >= 15 is 0 Å². The number of rotatable bonds is 8. The molecule has 0 fully saturated rings. The van der Waals surface area contributed by atoms with Crippen molar-refractivity contribution in [1.82, 2.24) is 14.9 Å².